The van der Waals surface area contributed by atoms with E-state index in [0.717, 1.165) is 16.6 Å². The minimum atomic E-state index is -0.849. The summed E-state index contributed by atoms with van der Waals surface area (Å²) in [5.74, 6) is -0.744. The molecule has 112 valence electrons. The average Bonchev–Trinajstić information content (AvgIpc) is 2.91. The summed E-state index contributed by atoms with van der Waals surface area (Å²) in [5.41, 5.74) is 2.45. The van der Waals surface area contributed by atoms with Gasteiger partial charge in [0.2, 0.25) is 11.9 Å². The van der Waals surface area contributed by atoms with Crippen LogP contribution in [0.1, 0.15) is 11.6 Å². The zero-order valence-electron chi connectivity index (χ0n) is 11.9. The standard InChI is InChI=1S/C17H11ClN4O/c18-11-5-3-4-10(8-11)15-12(9-19)16(23)21-17-20-13-6-1-2-7-14(13)22(15)17/h1-8,12,15H,(H,20,21,23)/t12-,15+/m0/s1. The maximum absolute atomic E-state index is 12.3. The second kappa shape index (κ2) is 5.11. The van der Waals surface area contributed by atoms with Crippen molar-refractivity contribution >= 4 is 34.5 Å². The Kier molecular flexibility index (Phi) is 3.07. The van der Waals surface area contributed by atoms with Gasteiger partial charge in [0.25, 0.3) is 0 Å². The molecule has 0 bridgehead atoms. The summed E-state index contributed by atoms with van der Waals surface area (Å²) in [4.78, 5) is 16.8. The van der Waals surface area contributed by atoms with E-state index in [9.17, 15) is 10.1 Å². The first kappa shape index (κ1) is 13.8. The molecule has 3 aromatic rings. The Morgan fingerprint density at radius 3 is 2.83 bits per heavy atom. The molecule has 2 atom stereocenters. The van der Waals surface area contributed by atoms with E-state index in [1.165, 1.54) is 0 Å². The van der Waals surface area contributed by atoms with E-state index in [0.29, 0.717) is 11.0 Å². The maximum atomic E-state index is 12.3. The second-order valence-corrected chi connectivity index (χ2v) is 5.83. The van der Waals surface area contributed by atoms with Crippen molar-refractivity contribution in [3.63, 3.8) is 0 Å². The van der Waals surface area contributed by atoms with Crippen LogP contribution in [0.25, 0.3) is 11.0 Å². The molecule has 1 amide bonds. The molecule has 1 aliphatic rings. The number of rotatable bonds is 1. The number of hydrogen-bond acceptors (Lipinski definition) is 3. The largest absolute Gasteiger partial charge is 0.300 e. The van der Waals surface area contributed by atoms with E-state index in [1.807, 2.05) is 41.0 Å². The van der Waals surface area contributed by atoms with E-state index in [1.54, 1.807) is 12.1 Å². The molecule has 0 saturated carbocycles. The van der Waals surface area contributed by atoms with Gasteiger partial charge >= 0.3 is 0 Å². The van der Waals surface area contributed by atoms with Gasteiger partial charge in [-0.15, -0.1) is 0 Å². The van der Waals surface area contributed by atoms with Crippen molar-refractivity contribution < 1.29 is 4.79 Å². The molecular weight excluding hydrogens is 312 g/mol. The van der Waals surface area contributed by atoms with Crippen molar-refractivity contribution in [1.82, 2.24) is 9.55 Å². The van der Waals surface area contributed by atoms with Crippen LogP contribution >= 0.6 is 11.6 Å². The zero-order valence-corrected chi connectivity index (χ0v) is 12.7. The number of nitrogens with zero attached hydrogens (tertiary/aromatic N) is 3. The smallest absolute Gasteiger partial charge is 0.246 e. The van der Waals surface area contributed by atoms with Crippen molar-refractivity contribution in [2.24, 2.45) is 5.92 Å². The molecule has 0 spiro atoms. The van der Waals surface area contributed by atoms with Crippen LogP contribution in [-0.2, 0) is 4.79 Å². The van der Waals surface area contributed by atoms with Gasteiger partial charge in [-0.3, -0.25) is 10.1 Å². The monoisotopic (exact) mass is 322 g/mol. The number of imidazole rings is 1. The predicted molar refractivity (Wildman–Crippen MR) is 87.1 cm³/mol. The van der Waals surface area contributed by atoms with Crippen LogP contribution in [0.3, 0.4) is 0 Å². The van der Waals surface area contributed by atoms with Gasteiger partial charge in [0.1, 0.15) is 0 Å². The van der Waals surface area contributed by atoms with Crippen molar-refractivity contribution in [3.05, 3.63) is 59.1 Å². The number of amides is 1. The molecule has 0 aliphatic carbocycles. The summed E-state index contributed by atoms with van der Waals surface area (Å²) in [5, 5.41) is 12.8. The molecule has 2 aromatic carbocycles. The minimum Gasteiger partial charge on any atom is -0.300 e. The summed E-state index contributed by atoms with van der Waals surface area (Å²) in [6.07, 6.45) is 0. The van der Waals surface area contributed by atoms with E-state index < -0.39 is 12.0 Å². The highest BCUT2D eigenvalue weighted by atomic mass is 35.5. The number of fused-ring (bicyclic) bond motifs is 3. The van der Waals surface area contributed by atoms with Crippen LogP contribution in [0, 0.1) is 17.2 Å². The second-order valence-electron chi connectivity index (χ2n) is 5.39. The van der Waals surface area contributed by atoms with Crippen molar-refractivity contribution in [2.75, 3.05) is 5.32 Å². The SMILES string of the molecule is N#C[C@@H]1C(=O)Nc2nc3ccccc3n2[C@@H]1c1cccc(Cl)c1. The molecule has 1 N–H and O–H groups in total. The lowest BCUT2D eigenvalue weighted by Crippen LogP contribution is -2.37. The first-order chi connectivity index (χ1) is 11.2. The van der Waals surface area contributed by atoms with Gasteiger partial charge in [0.05, 0.1) is 23.1 Å². The van der Waals surface area contributed by atoms with Crippen LogP contribution < -0.4 is 5.32 Å². The Hall–Kier alpha value is -2.84. The van der Waals surface area contributed by atoms with Gasteiger partial charge < -0.3 is 4.57 Å². The third-order valence-electron chi connectivity index (χ3n) is 4.04. The molecule has 23 heavy (non-hydrogen) atoms. The number of carbonyl (C=O) groups excluding carboxylic acids is 1. The lowest BCUT2D eigenvalue weighted by Gasteiger charge is -2.30. The molecule has 1 aromatic heterocycles. The molecule has 1 aliphatic heterocycles. The predicted octanol–water partition coefficient (Wildman–Crippen LogP) is 3.37. The normalized spacial score (nSPS) is 19.9. The fraction of sp³-hybridized carbons (Fsp3) is 0.118. The fourth-order valence-corrected chi connectivity index (χ4v) is 3.25. The summed E-state index contributed by atoms with van der Waals surface area (Å²) in [6.45, 7) is 0. The molecule has 0 saturated heterocycles. The number of halogens is 1. The maximum Gasteiger partial charge on any atom is 0.246 e. The first-order valence-corrected chi connectivity index (χ1v) is 7.50. The molecule has 0 radical (unpaired) electrons. The summed E-state index contributed by atoms with van der Waals surface area (Å²) < 4.78 is 1.90. The number of nitriles is 1. The third kappa shape index (κ3) is 2.07. The zero-order chi connectivity index (χ0) is 16.0. The van der Waals surface area contributed by atoms with Gasteiger partial charge in [0.15, 0.2) is 5.92 Å². The van der Waals surface area contributed by atoms with Gasteiger partial charge in [-0.25, -0.2) is 4.98 Å². The highest BCUT2D eigenvalue weighted by Crippen LogP contribution is 2.38. The topological polar surface area (TPSA) is 70.7 Å². The Morgan fingerprint density at radius 2 is 2.04 bits per heavy atom. The van der Waals surface area contributed by atoms with Gasteiger partial charge in [-0.05, 0) is 29.8 Å². The van der Waals surface area contributed by atoms with Crippen LogP contribution in [0.5, 0.6) is 0 Å². The number of carbonyl (C=O) groups is 1. The lowest BCUT2D eigenvalue weighted by atomic mass is 9.91. The molecule has 0 unspecified atom stereocenters. The lowest BCUT2D eigenvalue weighted by molar-refractivity contribution is -0.119. The average molecular weight is 323 g/mol. The molecule has 4 rings (SSSR count). The highest BCUT2D eigenvalue weighted by molar-refractivity contribution is 6.30. The number of nitrogens with one attached hydrogen (secondary N) is 1. The number of aromatic nitrogens is 2. The highest BCUT2D eigenvalue weighted by Gasteiger charge is 2.38. The minimum absolute atomic E-state index is 0.347. The van der Waals surface area contributed by atoms with E-state index >= 15 is 0 Å². The van der Waals surface area contributed by atoms with Crippen molar-refractivity contribution in [1.29, 1.82) is 5.26 Å². The van der Waals surface area contributed by atoms with E-state index in [2.05, 4.69) is 16.4 Å². The van der Waals surface area contributed by atoms with Crippen molar-refractivity contribution in [2.45, 2.75) is 6.04 Å². The molecule has 0 fully saturated rings. The van der Waals surface area contributed by atoms with Crippen LogP contribution in [0.4, 0.5) is 5.95 Å². The number of hydrogen-bond donors (Lipinski definition) is 1. The molecule has 5 nitrogen and oxygen atoms in total. The van der Waals surface area contributed by atoms with E-state index in [-0.39, 0.29) is 5.91 Å². The third-order valence-corrected chi connectivity index (χ3v) is 4.27. The fourth-order valence-electron chi connectivity index (χ4n) is 3.06. The van der Waals surface area contributed by atoms with Gasteiger partial charge in [0, 0.05) is 5.02 Å². The number of benzene rings is 2. The summed E-state index contributed by atoms with van der Waals surface area (Å²) in [7, 11) is 0. The van der Waals surface area contributed by atoms with E-state index in [4.69, 9.17) is 11.6 Å². The quantitative estimate of drug-likeness (QED) is 0.746. The Balaban J connectivity index is 2.02. The summed E-state index contributed by atoms with van der Waals surface area (Å²) in [6, 6.07) is 16.5. The van der Waals surface area contributed by atoms with Crippen LogP contribution in [0.2, 0.25) is 5.02 Å². The van der Waals surface area contributed by atoms with Gasteiger partial charge in [-0.1, -0.05) is 35.9 Å². The Morgan fingerprint density at radius 1 is 1.22 bits per heavy atom. The molecule has 2 heterocycles. The Labute approximate surface area is 137 Å². The molecule has 6 heteroatoms. The van der Waals surface area contributed by atoms with Crippen molar-refractivity contribution in [3.8, 4) is 6.07 Å². The van der Waals surface area contributed by atoms with Gasteiger partial charge in [-0.2, -0.15) is 5.26 Å². The molecular formula is C17H11ClN4O. The summed E-state index contributed by atoms with van der Waals surface area (Å²) >= 11 is 6.10. The van der Waals surface area contributed by atoms with Crippen LogP contribution in [0.15, 0.2) is 48.5 Å². The van der Waals surface area contributed by atoms with Crippen LogP contribution in [-0.4, -0.2) is 15.5 Å². The number of para-hydroxylation sites is 2. The Bertz CT molecular complexity index is 972. The first-order valence-electron chi connectivity index (χ1n) is 7.12. The number of anilines is 1.